The number of nitrogens with zero attached hydrogens (tertiary/aromatic N) is 2. The van der Waals surface area contributed by atoms with Crippen molar-refractivity contribution in [2.24, 2.45) is 0 Å². The molecule has 1 saturated heterocycles. The quantitative estimate of drug-likeness (QED) is 0.769. The zero-order chi connectivity index (χ0) is 17.5. The summed E-state index contributed by atoms with van der Waals surface area (Å²) in [5.74, 6) is 0. The summed E-state index contributed by atoms with van der Waals surface area (Å²) in [5.41, 5.74) is 0.425. The molecule has 23 heavy (non-hydrogen) atoms. The van der Waals surface area contributed by atoms with Gasteiger partial charge in [0.05, 0.1) is 5.54 Å². The summed E-state index contributed by atoms with van der Waals surface area (Å²) in [7, 11) is 0. The van der Waals surface area contributed by atoms with Gasteiger partial charge in [-0.3, -0.25) is 0 Å². The number of carbonyl (C=O) groups is 1. The van der Waals surface area contributed by atoms with E-state index in [4.69, 9.17) is 0 Å². The monoisotopic (exact) mass is 314 g/mol. The van der Waals surface area contributed by atoms with E-state index in [-0.39, 0.29) is 22.6 Å². The van der Waals surface area contributed by atoms with Gasteiger partial charge >= 0.3 is 6.03 Å². The van der Waals surface area contributed by atoms with Crippen LogP contribution in [0.5, 0.6) is 0 Å². The summed E-state index contributed by atoms with van der Waals surface area (Å²) in [6, 6.07) is 10.4. The van der Waals surface area contributed by atoms with Crippen LogP contribution in [0.4, 0.5) is 4.79 Å². The van der Waals surface area contributed by atoms with Gasteiger partial charge in [0.2, 0.25) is 0 Å². The molecule has 1 aromatic rings. The van der Waals surface area contributed by atoms with Crippen molar-refractivity contribution in [1.29, 1.82) is 0 Å². The number of hydrogen-bond acceptors (Lipinski definition) is 1. The van der Waals surface area contributed by atoms with E-state index in [0.29, 0.717) is 6.54 Å². The molecule has 0 aromatic heterocycles. The van der Waals surface area contributed by atoms with E-state index in [2.05, 4.69) is 72.8 Å². The van der Waals surface area contributed by atoms with E-state index >= 15 is 0 Å². The standard InChI is InChI=1S/C20H30N2O/c1-18(2,3)21-15-20(7,22(17(21)23)19(4,5)6)14-13-16-11-9-8-10-12-16/h8-14H,15H2,1-7H3/b14-13+/t20-/m1/s1. The van der Waals surface area contributed by atoms with Gasteiger partial charge < -0.3 is 9.80 Å². The van der Waals surface area contributed by atoms with Gasteiger partial charge in [0.15, 0.2) is 0 Å². The lowest BCUT2D eigenvalue weighted by molar-refractivity contribution is 0.110. The second kappa shape index (κ2) is 5.70. The minimum atomic E-state index is -0.321. The largest absolute Gasteiger partial charge is 0.321 e. The van der Waals surface area contributed by atoms with Crippen LogP contribution in [0, 0.1) is 0 Å². The average molecular weight is 314 g/mol. The molecular formula is C20H30N2O. The number of hydrogen-bond donors (Lipinski definition) is 0. The highest BCUT2D eigenvalue weighted by Gasteiger charge is 2.52. The third-order valence-electron chi connectivity index (χ3n) is 4.33. The zero-order valence-corrected chi connectivity index (χ0v) is 15.6. The molecule has 0 unspecified atom stereocenters. The van der Waals surface area contributed by atoms with Crippen LogP contribution in [0.15, 0.2) is 36.4 Å². The minimum Gasteiger partial charge on any atom is -0.317 e. The maximum atomic E-state index is 13.0. The topological polar surface area (TPSA) is 23.6 Å². The van der Waals surface area contributed by atoms with E-state index in [9.17, 15) is 4.79 Å². The first-order chi connectivity index (χ1) is 10.5. The van der Waals surface area contributed by atoms with Crippen molar-refractivity contribution in [1.82, 2.24) is 9.80 Å². The number of rotatable bonds is 2. The van der Waals surface area contributed by atoms with Gasteiger partial charge in [-0.1, -0.05) is 42.5 Å². The first kappa shape index (κ1) is 17.6. The van der Waals surface area contributed by atoms with Gasteiger partial charge in [0.25, 0.3) is 0 Å². The number of benzene rings is 1. The Morgan fingerprint density at radius 2 is 1.57 bits per heavy atom. The third kappa shape index (κ3) is 3.60. The second-order valence-electron chi connectivity index (χ2n) is 8.65. The van der Waals surface area contributed by atoms with Gasteiger partial charge in [-0.05, 0) is 54.0 Å². The summed E-state index contributed by atoms with van der Waals surface area (Å²) >= 11 is 0. The molecular weight excluding hydrogens is 284 g/mol. The molecule has 1 aromatic carbocycles. The lowest BCUT2D eigenvalue weighted by atomic mass is 9.93. The molecule has 1 atom stereocenters. The lowest BCUT2D eigenvalue weighted by Gasteiger charge is -2.41. The van der Waals surface area contributed by atoms with Crippen molar-refractivity contribution >= 4 is 12.1 Å². The fourth-order valence-electron chi connectivity index (χ4n) is 3.34. The molecule has 0 aliphatic carbocycles. The Balaban J connectivity index is 2.40. The molecule has 2 rings (SSSR count). The van der Waals surface area contributed by atoms with Crippen LogP contribution in [0.1, 0.15) is 54.0 Å². The van der Waals surface area contributed by atoms with Gasteiger partial charge in [-0.2, -0.15) is 0 Å². The molecule has 0 bridgehead atoms. The van der Waals surface area contributed by atoms with Gasteiger partial charge in [0, 0.05) is 17.6 Å². The Hall–Kier alpha value is -1.77. The summed E-state index contributed by atoms with van der Waals surface area (Å²) < 4.78 is 0. The van der Waals surface area contributed by atoms with Crippen molar-refractivity contribution in [2.45, 2.75) is 65.1 Å². The first-order valence-corrected chi connectivity index (χ1v) is 8.31. The summed E-state index contributed by atoms with van der Waals surface area (Å²) in [5, 5.41) is 0. The van der Waals surface area contributed by atoms with Crippen LogP contribution < -0.4 is 0 Å². The molecule has 1 aliphatic rings. The minimum absolute atomic E-state index is 0.116. The Kier molecular flexibility index (Phi) is 4.36. The summed E-state index contributed by atoms with van der Waals surface area (Å²) in [6.07, 6.45) is 4.30. The van der Waals surface area contributed by atoms with E-state index in [1.54, 1.807) is 0 Å². The fourth-order valence-corrected chi connectivity index (χ4v) is 3.34. The predicted molar refractivity (Wildman–Crippen MR) is 97.3 cm³/mol. The average Bonchev–Trinajstić information content (AvgIpc) is 2.69. The normalized spacial score (nSPS) is 23.2. The molecule has 3 heteroatoms. The maximum Gasteiger partial charge on any atom is 0.321 e. The van der Waals surface area contributed by atoms with Crippen LogP contribution in [0.3, 0.4) is 0 Å². The SMILES string of the molecule is CC(C)(C)N1C[C@@](C)(/C=C/c2ccccc2)N(C(C)(C)C)C1=O. The van der Waals surface area contributed by atoms with E-state index in [1.807, 2.05) is 28.0 Å². The molecule has 0 saturated carbocycles. The van der Waals surface area contributed by atoms with Gasteiger partial charge in [0.1, 0.15) is 0 Å². The molecule has 126 valence electrons. The number of urea groups is 1. The Bertz CT molecular complexity index is 592. The second-order valence-corrected chi connectivity index (χ2v) is 8.65. The van der Waals surface area contributed by atoms with Crippen LogP contribution >= 0.6 is 0 Å². The van der Waals surface area contributed by atoms with Crippen molar-refractivity contribution in [3.8, 4) is 0 Å². The zero-order valence-electron chi connectivity index (χ0n) is 15.6. The molecule has 3 nitrogen and oxygen atoms in total. The van der Waals surface area contributed by atoms with E-state index in [0.717, 1.165) is 5.56 Å². The summed E-state index contributed by atoms with van der Waals surface area (Å²) in [6.45, 7) is 15.5. The van der Waals surface area contributed by atoms with Crippen molar-refractivity contribution in [2.75, 3.05) is 6.54 Å². The lowest BCUT2D eigenvalue weighted by Crippen LogP contribution is -2.54. The smallest absolute Gasteiger partial charge is 0.317 e. The van der Waals surface area contributed by atoms with Crippen LogP contribution in [0.2, 0.25) is 0 Å². The molecule has 1 heterocycles. The maximum absolute atomic E-state index is 13.0. The summed E-state index contributed by atoms with van der Waals surface area (Å²) in [4.78, 5) is 17.0. The Labute approximate surface area is 141 Å². The molecule has 1 fully saturated rings. The Morgan fingerprint density at radius 1 is 1.00 bits per heavy atom. The highest BCUT2D eigenvalue weighted by atomic mass is 16.2. The van der Waals surface area contributed by atoms with E-state index in [1.165, 1.54) is 0 Å². The third-order valence-corrected chi connectivity index (χ3v) is 4.33. The molecule has 2 amide bonds. The van der Waals surface area contributed by atoms with Crippen LogP contribution in [-0.4, -0.2) is 39.0 Å². The first-order valence-electron chi connectivity index (χ1n) is 8.31. The highest BCUT2D eigenvalue weighted by molar-refractivity contribution is 5.80. The Morgan fingerprint density at radius 3 is 2.04 bits per heavy atom. The van der Waals surface area contributed by atoms with Crippen molar-refractivity contribution < 1.29 is 4.79 Å². The number of carbonyl (C=O) groups excluding carboxylic acids is 1. The van der Waals surface area contributed by atoms with Gasteiger partial charge in [-0.25, -0.2) is 4.79 Å². The van der Waals surface area contributed by atoms with Crippen LogP contribution in [0.25, 0.3) is 6.08 Å². The van der Waals surface area contributed by atoms with E-state index < -0.39 is 0 Å². The molecule has 0 spiro atoms. The van der Waals surface area contributed by atoms with Crippen molar-refractivity contribution in [3.63, 3.8) is 0 Å². The molecule has 1 aliphatic heterocycles. The predicted octanol–water partition coefficient (Wildman–Crippen LogP) is 4.79. The van der Waals surface area contributed by atoms with Crippen LogP contribution in [-0.2, 0) is 0 Å². The molecule has 0 N–H and O–H groups in total. The number of amides is 2. The van der Waals surface area contributed by atoms with Crippen molar-refractivity contribution in [3.05, 3.63) is 42.0 Å². The van der Waals surface area contributed by atoms with Gasteiger partial charge in [-0.15, -0.1) is 0 Å². The fraction of sp³-hybridized carbons (Fsp3) is 0.550. The highest BCUT2D eigenvalue weighted by Crippen LogP contribution is 2.38. The molecule has 0 radical (unpaired) electrons.